The van der Waals surface area contributed by atoms with Gasteiger partial charge in [-0.15, -0.1) is 0 Å². The molecular weight excluding hydrogens is 344 g/mol. The quantitative estimate of drug-likeness (QED) is 0.822. The van der Waals surface area contributed by atoms with Crippen LogP contribution in [0.1, 0.15) is 30.7 Å². The highest BCUT2D eigenvalue weighted by atomic mass is 16.2. The highest BCUT2D eigenvalue weighted by Crippen LogP contribution is 2.38. The third kappa shape index (κ3) is 3.69. The van der Waals surface area contributed by atoms with Crippen LogP contribution in [0, 0.1) is 0 Å². The first-order valence-electron chi connectivity index (χ1n) is 9.79. The second-order valence-electron chi connectivity index (χ2n) is 7.53. The van der Waals surface area contributed by atoms with Crippen molar-refractivity contribution in [3.8, 4) is 0 Å². The molecule has 1 aromatic carbocycles. The number of nitrogens with one attached hydrogen (secondary N) is 1. The predicted octanol–water partition coefficient (Wildman–Crippen LogP) is 0.561. The van der Waals surface area contributed by atoms with Crippen LogP contribution < -0.4 is 10.2 Å². The van der Waals surface area contributed by atoms with E-state index in [9.17, 15) is 14.4 Å². The Hall–Kier alpha value is -2.41. The van der Waals surface area contributed by atoms with Gasteiger partial charge in [-0.3, -0.25) is 14.4 Å². The second-order valence-corrected chi connectivity index (χ2v) is 7.53. The zero-order valence-electron chi connectivity index (χ0n) is 15.5. The Balaban J connectivity index is 1.43. The summed E-state index contributed by atoms with van der Waals surface area (Å²) in [6.45, 7) is 3.95. The van der Waals surface area contributed by atoms with Gasteiger partial charge in [-0.2, -0.15) is 0 Å². The van der Waals surface area contributed by atoms with Gasteiger partial charge in [0.05, 0.1) is 6.54 Å². The smallest absolute Gasteiger partial charge is 0.246 e. The van der Waals surface area contributed by atoms with Crippen molar-refractivity contribution in [2.75, 3.05) is 50.7 Å². The summed E-state index contributed by atoms with van der Waals surface area (Å²) in [7, 11) is 0. The fourth-order valence-electron chi connectivity index (χ4n) is 4.29. The van der Waals surface area contributed by atoms with Gasteiger partial charge in [0.2, 0.25) is 17.7 Å². The molecule has 3 aliphatic heterocycles. The average molecular weight is 370 g/mol. The van der Waals surface area contributed by atoms with Gasteiger partial charge >= 0.3 is 0 Å². The molecule has 7 nitrogen and oxygen atoms in total. The number of carbonyl (C=O) groups is 3. The summed E-state index contributed by atoms with van der Waals surface area (Å²) in [5, 5.41) is 3.03. The second kappa shape index (κ2) is 7.68. The maximum atomic E-state index is 12.9. The standard InChI is InChI=1S/C20H26N4O3/c25-18-6-3-9-22(18)10-7-15-13-24(17-5-2-1-4-16(15)17)20(27)14-23-11-8-21-12-19(23)26/h1-2,4-5,15,21H,3,6-14H2. The molecule has 1 atom stereocenters. The molecule has 0 spiro atoms. The zero-order chi connectivity index (χ0) is 18.8. The van der Waals surface area contributed by atoms with Crippen LogP contribution in [0.5, 0.6) is 0 Å². The van der Waals surface area contributed by atoms with E-state index in [4.69, 9.17) is 0 Å². The van der Waals surface area contributed by atoms with Gasteiger partial charge in [-0.25, -0.2) is 0 Å². The minimum atomic E-state index is -0.0301. The third-order valence-electron chi connectivity index (χ3n) is 5.80. The molecular formula is C20H26N4O3. The van der Waals surface area contributed by atoms with E-state index >= 15 is 0 Å². The molecule has 1 aromatic rings. The minimum absolute atomic E-state index is 0.0221. The van der Waals surface area contributed by atoms with Crippen molar-refractivity contribution in [3.05, 3.63) is 29.8 Å². The Morgan fingerprint density at radius 3 is 2.74 bits per heavy atom. The zero-order valence-corrected chi connectivity index (χ0v) is 15.5. The molecule has 27 heavy (non-hydrogen) atoms. The molecule has 3 heterocycles. The van der Waals surface area contributed by atoms with Crippen molar-refractivity contribution in [1.82, 2.24) is 15.1 Å². The summed E-state index contributed by atoms with van der Waals surface area (Å²) in [6, 6.07) is 8.00. The molecule has 144 valence electrons. The first-order chi connectivity index (χ1) is 13.1. The lowest BCUT2D eigenvalue weighted by molar-refractivity contribution is -0.135. The van der Waals surface area contributed by atoms with Crippen LogP contribution in [-0.4, -0.2) is 73.3 Å². The van der Waals surface area contributed by atoms with Crippen LogP contribution >= 0.6 is 0 Å². The van der Waals surface area contributed by atoms with E-state index in [1.54, 1.807) is 4.90 Å². The van der Waals surface area contributed by atoms with Crippen LogP contribution in [-0.2, 0) is 14.4 Å². The first kappa shape index (κ1) is 18.0. The number of amides is 3. The van der Waals surface area contributed by atoms with Crippen molar-refractivity contribution in [1.29, 1.82) is 0 Å². The van der Waals surface area contributed by atoms with Crippen LogP contribution in [0.25, 0.3) is 0 Å². The third-order valence-corrected chi connectivity index (χ3v) is 5.80. The molecule has 0 aliphatic carbocycles. The summed E-state index contributed by atoms with van der Waals surface area (Å²) in [4.78, 5) is 42.2. The average Bonchev–Trinajstić information content (AvgIpc) is 3.25. The van der Waals surface area contributed by atoms with Gasteiger partial charge < -0.3 is 20.0 Å². The molecule has 0 saturated carbocycles. The Labute approximate surface area is 159 Å². The normalized spacial score (nSPS) is 22.5. The number of piperazine rings is 1. The maximum absolute atomic E-state index is 12.9. The van der Waals surface area contributed by atoms with E-state index in [1.165, 1.54) is 5.56 Å². The largest absolute Gasteiger partial charge is 0.343 e. The van der Waals surface area contributed by atoms with E-state index < -0.39 is 0 Å². The molecule has 0 radical (unpaired) electrons. The molecule has 0 bridgehead atoms. The molecule has 1 N–H and O–H groups in total. The summed E-state index contributed by atoms with van der Waals surface area (Å²) >= 11 is 0. The molecule has 7 heteroatoms. The SMILES string of the molecule is O=C1CCCN1CCC1CN(C(=O)CN2CCNCC2=O)c2ccccc21. The van der Waals surface area contributed by atoms with Crippen LogP contribution in [0.2, 0.25) is 0 Å². The lowest BCUT2D eigenvalue weighted by Gasteiger charge is -2.29. The molecule has 2 fully saturated rings. The van der Waals surface area contributed by atoms with Gasteiger partial charge in [0, 0.05) is 50.7 Å². The number of likely N-dealkylation sites (tertiary alicyclic amines) is 1. The fraction of sp³-hybridized carbons (Fsp3) is 0.550. The monoisotopic (exact) mass is 370 g/mol. The van der Waals surface area contributed by atoms with Crippen LogP contribution in [0.4, 0.5) is 5.69 Å². The topological polar surface area (TPSA) is 73.0 Å². The molecule has 4 rings (SSSR count). The number of anilines is 1. The molecule has 3 aliphatic rings. The first-order valence-corrected chi connectivity index (χ1v) is 9.79. The van der Waals surface area contributed by atoms with Gasteiger partial charge in [-0.1, -0.05) is 18.2 Å². The summed E-state index contributed by atoms with van der Waals surface area (Å²) < 4.78 is 0. The number of hydrogen-bond donors (Lipinski definition) is 1. The maximum Gasteiger partial charge on any atom is 0.246 e. The van der Waals surface area contributed by atoms with Crippen molar-refractivity contribution in [2.24, 2.45) is 0 Å². The number of nitrogens with zero attached hydrogens (tertiary/aromatic N) is 3. The van der Waals surface area contributed by atoms with Crippen molar-refractivity contribution in [2.45, 2.75) is 25.2 Å². The van der Waals surface area contributed by atoms with E-state index in [0.717, 1.165) is 38.2 Å². The Morgan fingerprint density at radius 2 is 1.96 bits per heavy atom. The van der Waals surface area contributed by atoms with Crippen molar-refractivity contribution >= 4 is 23.4 Å². The summed E-state index contributed by atoms with van der Waals surface area (Å²) in [5.41, 5.74) is 2.12. The minimum Gasteiger partial charge on any atom is -0.343 e. The fourth-order valence-corrected chi connectivity index (χ4v) is 4.29. The van der Waals surface area contributed by atoms with Gasteiger partial charge in [0.15, 0.2) is 0 Å². The number of carbonyl (C=O) groups excluding carboxylic acids is 3. The van der Waals surface area contributed by atoms with Crippen molar-refractivity contribution < 1.29 is 14.4 Å². The van der Waals surface area contributed by atoms with Crippen molar-refractivity contribution in [3.63, 3.8) is 0 Å². The lowest BCUT2D eigenvalue weighted by atomic mass is 9.98. The summed E-state index contributed by atoms with van der Waals surface area (Å²) in [5.74, 6) is 0.423. The van der Waals surface area contributed by atoms with E-state index in [2.05, 4.69) is 11.4 Å². The highest BCUT2D eigenvalue weighted by molar-refractivity contribution is 5.99. The predicted molar refractivity (Wildman–Crippen MR) is 101 cm³/mol. The number of rotatable bonds is 5. The Morgan fingerprint density at radius 1 is 1.11 bits per heavy atom. The van der Waals surface area contributed by atoms with Crippen LogP contribution in [0.3, 0.4) is 0 Å². The van der Waals surface area contributed by atoms with Gasteiger partial charge in [0.25, 0.3) is 0 Å². The molecule has 3 amide bonds. The molecule has 0 aromatic heterocycles. The number of fused-ring (bicyclic) bond motifs is 1. The Kier molecular flexibility index (Phi) is 5.11. The van der Waals surface area contributed by atoms with Crippen LogP contribution in [0.15, 0.2) is 24.3 Å². The van der Waals surface area contributed by atoms with Gasteiger partial charge in [-0.05, 0) is 24.5 Å². The number of hydrogen-bond acceptors (Lipinski definition) is 4. The van der Waals surface area contributed by atoms with E-state index in [-0.39, 0.29) is 30.2 Å². The number of benzene rings is 1. The van der Waals surface area contributed by atoms with Gasteiger partial charge in [0.1, 0.15) is 6.54 Å². The van der Waals surface area contributed by atoms with E-state index in [0.29, 0.717) is 26.1 Å². The highest BCUT2D eigenvalue weighted by Gasteiger charge is 2.34. The lowest BCUT2D eigenvalue weighted by Crippen LogP contribution is -2.51. The van der Waals surface area contributed by atoms with E-state index in [1.807, 2.05) is 28.0 Å². The Bertz CT molecular complexity index is 750. The molecule has 1 unspecified atom stereocenters. The molecule has 2 saturated heterocycles. The summed E-state index contributed by atoms with van der Waals surface area (Å²) in [6.07, 6.45) is 2.47. The number of para-hydroxylation sites is 1.